The second kappa shape index (κ2) is 6.14. The van der Waals surface area contributed by atoms with Gasteiger partial charge in [0, 0.05) is 12.3 Å². The van der Waals surface area contributed by atoms with Crippen molar-refractivity contribution < 1.29 is 19.7 Å². The minimum atomic E-state index is -1.16. The number of ether oxygens (including phenoxy) is 2. The van der Waals surface area contributed by atoms with Gasteiger partial charge >= 0.3 is 5.69 Å². The minimum Gasteiger partial charge on any atom is -0.394 e. The van der Waals surface area contributed by atoms with Gasteiger partial charge in [-0.3, -0.25) is 14.3 Å². The zero-order valence-electron chi connectivity index (χ0n) is 10.6. The highest BCUT2D eigenvalue weighted by Crippen LogP contribution is 2.30. The Labute approximate surface area is 113 Å². The Hall–Kier alpha value is -1.74. The van der Waals surface area contributed by atoms with Gasteiger partial charge in [0.2, 0.25) is 0 Å². The lowest BCUT2D eigenvalue weighted by molar-refractivity contribution is -0.0591. The molecule has 8 nitrogen and oxygen atoms in total. The van der Waals surface area contributed by atoms with Gasteiger partial charge in [0.25, 0.3) is 5.56 Å². The Morgan fingerprint density at radius 3 is 2.90 bits per heavy atom. The van der Waals surface area contributed by atoms with Crippen LogP contribution in [-0.4, -0.2) is 51.3 Å². The van der Waals surface area contributed by atoms with Crippen molar-refractivity contribution in [3.8, 4) is 0 Å². The van der Waals surface area contributed by atoms with Crippen molar-refractivity contribution >= 4 is 0 Å². The van der Waals surface area contributed by atoms with E-state index >= 15 is 0 Å². The molecule has 4 atom stereocenters. The van der Waals surface area contributed by atoms with Crippen LogP contribution in [0, 0.1) is 0 Å². The smallest absolute Gasteiger partial charge is 0.330 e. The van der Waals surface area contributed by atoms with Crippen molar-refractivity contribution in [1.82, 2.24) is 9.55 Å². The molecule has 1 aromatic rings. The van der Waals surface area contributed by atoms with Crippen LogP contribution in [0.5, 0.6) is 0 Å². The van der Waals surface area contributed by atoms with Crippen LogP contribution in [0.15, 0.2) is 34.5 Å². The van der Waals surface area contributed by atoms with E-state index in [1.807, 2.05) is 0 Å². The van der Waals surface area contributed by atoms with Crippen LogP contribution in [0.4, 0.5) is 0 Å². The van der Waals surface area contributed by atoms with E-state index in [0.717, 1.165) is 10.6 Å². The maximum Gasteiger partial charge on any atom is 0.330 e. The van der Waals surface area contributed by atoms with Crippen LogP contribution in [0.3, 0.4) is 0 Å². The third kappa shape index (κ3) is 2.73. The molecule has 2 heterocycles. The Kier molecular flexibility index (Phi) is 4.50. The number of nitrogens with one attached hydrogen (secondary N) is 1. The largest absolute Gasteiger partial charge is 0.394 e. The molecule has 0 saturated carbocycles. The summed E-state index contributed by atoms with van der Waals surface area (Å²) in [4.78, 5) is 24.8. The zero-order chi connectivity index (χ0) is 14.7. The van der Waals surface area contributed by atoms with Crippen molar-refractivity contribution in [2.24, 2.45) is 0 Å². The molecule has 0 spiro atoms. The van der Waals surface area contributed by atoms with Crippen molar-refractivity contribution in [3.63, 3.8) is 0 Å². The van der Waals surface area contributed by atoms with Crippen molar-refractivity contribution in [2.75, 3.05) is 13.2 Å². The number of rotatable bonds is 5. The molecule has 1 saturated heterocycles. The number of aromatic nitrogens is 2. The summed E-state index contributed by atoms with van der Waals surface area (Å²) in [6, 6.07) is 1.14. The second-order valence-electron chi connectivity index (χ2n) is 4.34. The van der Waals surface area contributed by atoms with Gasteiger partial charge in [0.05, 0.1) is 13.2 Å². The molecule has 110 valence electrons. The number of hydrogen-bond acceptors (Lipinski definition) is 6. The van der Waals surface area contributed by atoms with Crippen molar-refractivity contribution in [3.05, 3.63) is 45.8 Å². The molecule has 1 unspecified atom stereocenters. The predicted molar refractivity (Wildman–Crippen MR) is 68.3 cm³/mol. The summed E-state index contributed by atoms with van der Waals surface area (Å²) in [7, 11) is 0. The maximum absolute atomic E-state index is 11.7. The van der Waals surface area contributed by atoms with E-state index in [2.05, 4.69) is 11.6 Å². The molecule has 8 heteroatoms. The Morgan fingerprint density at radius 1 is 1.55 bits per heavy atom. The van der Waals surface area contributed by atoms with Gasteiger partial charge in [0.15, 0.2) is 6.23 Å². The molecule has 3 N–H and O–H groups in total. The molecule has 1 aliphatic rings. The number of nitrogens with zero attached hydrogens (tertiary/aromatic N) is 1. The fourth-order valence-electron chi connectivity index (χ4n) is 2.11. The average molecular weight is 284 g/mol. The highest BCUT2D eigenvalue weighted by molar-refractivity contribution is 4.94. The number of aromatic amines is 1. The lowest BCUT2D eigenvalue weighted by atomic mass is 10.1. The normalized spacial score (nSPS) is 29.5. The van der Waals surface area contributed by atoms with E-state index < -0.39 is 35.8 Å². The molecule has 20 heavy (non-hydrogen) atoms. The summed E-state index contributed by atoms with van der Waals surface area (Å²) in [6.07, 6.45) is -1.03. The molecule has 0 aromatic carbocycles. The summed E-state index contributed by atoms with van der Waals surface area (Å²) in [5, 5.41) is 19.4. The molecule has 0 amide bonds. The van der Waals surface area contributed by atoms with Gasteiger partial charge in [0.1, 0.15) is 18.3 Å². The van der Waals surface area contributed by atoms with Crippen LogP contribution in [0.1, 0.15) is 6.23 Å². The van der Waals surface area contributed by atoms with Crippen LogP contribution in [0.25, 0.3) is 0 Å². The maximum atomic E-state index is 11.7. The molecular weight excluding hydrogens is 268 g/mol. The number of aliphatic hydroxyl groups is 2. The van der Waals surface area contributed by atoms with Gasteiger partial charge in [-0.1, -0.05) is 6.08 Å². The minimum absolute atomic E-state index is 0.175. The standard InChI is InChI=1S/C12H16N2O6/c1-2-5-19-10-7(6-15)20-11(9(10)17)14-4-3-8(16)13-12(14)18/h2-4,7,9-11,15,17H,1,5-6H2,(H,13,16,18)/t7-,9+,10?,11-/m1/s1. The first-order valence-corrected chi connectivity index (χ1v) is 6.07. The van der Waals surface area contributed by atoms with Gasteiger partial charge in [-0.05, 0) is 0 Å². The number of hydrogen-bond donors (Lipinski definition) is 3. The first kappa shape index (κ1) is 14.7. The fourth-order valence-corrected chi connectivity index (χ4v) is 2.11. The topological polar surface area (TPSA) is 114 Å². The summed E-state index contributed by atoms with van der Waals surface area (Å²) in [5.74, 6) is 0. The van der Waals surface area contributed by atoms with Crippen molar-refractivity contribution in [1.29, 1.82) is 0 Å². The van der Waals surface area contributed by atoms with Gasteiger partial charge < -0.3 is 19.7 Å². The lowest BCUT2D eigenvalue weighted by Crippen LogP contribution is -2.39. The molecule has 0 radical (unpaired) electrons. The number of aliphatic hydroxyl groups excluding tert-OH is 2. The van der Waals surface area contributed by atoms with E-state index in [1.54, 1.807) is 0 Å². The second-order valence-corrected chi connectivity index (χ2v) is 4.34. The quantitative estimate of drug-likeness (QED) is 0.559. The van der Waals surface area contributed by atoms with Crippen LogP contribution in [0.2, 0.25) is 0 Å². The fraction of sp³-hybridized carbons (Fsp3) is 0.500. The molecule has 1 aliphatic heterocycles. The SMILES string of the molecule is C=CCOC1[C@@H](CO)O[C@@H](n2ccc(=O)[nH]c2=O)[C@H]1O. The first-order valence-electron chi connectivity index (χ1n) is 6.07. The van der Waals surface area contributed by atoms with E-state index in [1.165, 1.54) is 12.3 Å². The molecule has 1 aromatic heterocycles. The molecule has 1 fully saturated rings. The van der Waals surface area contributed by atoms with Crippen LogP contribution < -0.4 is 11.2 Å². The van der Waals surface area contributed by atoms with Crippen LogP contribution in [-0.2, 0) is 9.47 Å². The summed E-state index contributed by atoms with van der Waals surface area (Å²) < 4.78 is 11.8. The van der Waals surface area contributed by atoms with Gasteiger partial charge in [-0.15, -0.1) is 6.58 Å². The van der Waals surface area contributed by atoms with E-state index in [0.29, 0.717) is 0 Å². The Morgan fingerprint density at radius 2 is 2.30 bits per heavy atom. The first-order chi connectivity index (χ1) is 9.58. The van der Waals surface area contributed by atoms with Gasteiger partial charge in [-0.2, -0.15) is 0 Å². The Bertz CT molecular complexity index is 580. The molecule has 0 aliphatic carbocycles. The lowest BCUT2D eigenvalue weighted by Gasteiger charge is -2.19. The summed E-state index contributed by atoms with van der Waals surface area (Å²) >= 11 is 0. The predicted octanol–water partition coefficient (Wildman–Crippen LogP) is -1.64. The average Bonchev–Trinajstić information content (AvgIpc) is 2.73. The van der Waals surface area contributed by atoms with E-state index in [9.17, 15) is 19.8 Å². The van der Waals surface area contributed by atoms with Gasteiger partial charge in [-0.25, -0.2) is 4.79 Å². The molecular formula is C12H16N2O6. The highest BCUT2D eigenvalue weighted by Gasteiger charge is 2.45. The van der Waals surface area contributed by atoms with E-state index in [-0.39, 0.29) is 13.2 Å². The van der Waals surface area contributed by atoms with Crippen LogP contribution >= 0.6 is 0 Å². The zero-order valence-corrected chi connectivity index (χ0v) is 10.6. The Balaban J connectivity index is 2.27. The molecule has 2 rings (SSSR count). The third-order valence-corrected chi connectivity index (χ3v) is 3.02. The molecule has 0 bridgehead atoms. The summed E-state index contributed by atoms with van der Waals surface area (Å²) in [6.45, 7) is 3.30. The highest BCUT2D eigenvalue weighted by atomic mass is 16.6. The third-order valence-electron chi connectivity index (χ3n) is 3.02. The monoisotopic (exact) mass is 284 g/mol. The summed E-state index contributed by atoms with van der Waals surface area (Å²) in [5.41, 5.74) is -1.25. The van der Waals surface area contributed by atoms with E-state index in [4.69, 9.17) is 9.47 Å². The van der Waals surface area contributed by atoms with Crippen molar-refractivity contribution in [2.45, 2.75) is 24.5 Å². The number of H-pyrrole nitrogens is 1.